The van der Waals surface area contributed by atoms with Crippen molar-refractivity contribution in [2.75, 3.05) is 5.43 Å². The number of benzene rings is 1. The van der Waals surface area contributed by atoms with E-state index in [1.165, 1.54) is 12.1 Å². The van der Waals surface area contributed by atoms with Gasteiger partial charge in [0.25, 0.3) is 5.88 Å². The number of hydrazine groups is 1. The molecule has 0 radical (unpaired) electrons. The molecule has 0 spiro atoms. The van der Waals surface area contributed by atoms with Crippen LogP contribution in [0.2, 0.25) is 5.02 Å². The van der Waals surface area contributed by atoms with E-state index in [4.69, 9.17) is 22.2 Å². The normalized spacial score (nSPS) is 10.3. The van der Waals surface area contributed by atoms with Gasteiger partial charge >= 0.3 is 5.69 Å². The van der Waals surface area contributed by atoms with Crippen LogP contribution in [0.4, 0.5) is 20.3 Å². The Morgan fingerprint density at radius 3 is 2.67 bits per heavy atom. The number of pyridine rings is 1. The molecule has 1 aromatic carbocycles. The molecule has 1 aromatic heterocycles. The molecule has 110 valence electrons. The van der Waals surface area contributed by atoms with Gasteiger partial charge in [0, 0.05) is 17.2 Å². The molecule has 1 heterocycles. The van der Waals surface area contributed by atoms with Crippen molar-refractivity contribution in [3.05, 3.63) is 51.0 Å². The van der Waals surface area contributed by atoms with Crippen LogP contribution < -0.4 is 16.0 Å². The SMILES string of the molecule is NNc1nc(Oc2ccc(Cl)cc2[N+](=O)[O-])c(F)cc1F. The summed E-state index contributed by atoms with van der Waals surface area (Å²) < 4.78 is 31.8. The highest BCUT2D eigenvalue weighted by atomic mass is 35.5. The van der Waals surface area contributed by atoms with E-state index in [2.05, 4.69) is 4.98 Å². The molecule has 0 fully saturated rings. The van der Waals surface area contributed by atoms with Gasteiger partial charge in [-0.3, -0.25) is 10.1 Å². The second-order valence-electron chi connectivity index (χ2n) is 3.72. The van der Waals surface area contributed by atoms with Gasteiger partial charge in [0.1, 0.15) is 0 Å². The van der Waals surface area contributed by atoms with Crippen molar-refractivity contribution in [3.8, 4) is 11.6 Å². The molecule has 7 nitrogen and oxygen atoms in total. The standard InChI is InChI=1S/C11H7ClF2N4O3/c12-5-1-2-9(8(3-5)18(19)20)21-11-7(14)4-6(13)10(16-11)17-15/h1-4H,15H2,(H,16,17). The van der Waals surface area contributed by atoms with Crippen LogP contribution in [0.5, 0.6) is 11.6 Å². The largest absolute Gasteiger partial charge is 0.429 e. The maximum atomic E-state index is 13.6. The van der Waals surface area contributed by atoms with Gasteiger partial charge in [-0.2, -0.15) is 4.98 Å². The number of nitrogens with one attached hydrogen (secondary N) is 1. The maximum absolute atomic E-state index is 13.6. The summed E-state index contributed by atoms with van der Waals surface area (Å²) in [7, 11) is 0. The number of ether oxygens (including phenoxy) is 1. The quantitative estimate of drug-likeness (QED) is 0.510. The minimum atomic E-state index is -1.14. The Balaban J connectivity index is 2.45. The zero-order valence-corrected chi connectivity index (χ0v) is 10.9. The van der Waals surface area contributed by atoms with Gasteiger partial charge in [0.05, 0.1) is 4.92 Å². The monoisotopic (exact) mass is 316 g/mol. The lowest BCUT2D eigenvalue weighted by Crippen LogP contribution is -2.11. The molecule has 0 bridgehead atoms. The fourth-order valence-corrected chi connectivity index (χ4v) is 1.61. The molecule has 21 heavy (non-hydrogen) atoms. The third-order valence-electron chi connectivity index (χ3n) is 2.36. The number of nitrogens with two attached hydrogens (primary N) is 1. The van der Waals surface area contributed by atoms with Crippen molar-refractivity contribution in [3.63, 3.8) is 0 Å². The average Bonchev–Trinajstić information content (AvgIpc) is 2.43. The van der Waals surface area contributed by atoms with Crippen LogP contribution in [0.15, 0.2) is 24.3 Å². The lowest BCUT2D eigenvalue weighted by Gasteiger charge is -2.08. The molecule has 0 amide bonds. The van der Waals surface area contributed by atoms with E-state index in [0.29, 0.717) is 6.07 Å². The Morgan fingerprint density at radius 1 is 1.33 bits per heavy atom. The molecular weight excluding hydrogens is 310 g/mol. The molecule has 0 saturated heterocycles. The van der Waals surface area contributed by atoms with Gasteiger partial charge in [0.2, 0.25) is 5.75 Å². The van der Waals surface area contributed by atoms with Crippen LogP contribution in [-0.2, 0) is 0 Å². The Kier molecular flexibility index (Phi) is 4.15. The molecule has 0 unspecified atom stereocenters. The van der Waals surface area contributed by atoms with Crippen LogP contribution in [0.25, 0.3) is 0 Å². The fourth-order valence-electron chi connectivity index (χ4n) is 1.45. The van der Waals surface area contributed by atoms with Crippen LogP contribution in [0.1, 0.15) is 0 Å². The molecule has 0 aliphatic carbocycles. The second-order valence-corrected chi connectivity index (χ2v) is 4.16. The Labute approximate surface area is 121 Å². The number of nitrogens with zero attached hydrogens (tertiary/aromatic N) is 2. The van der Waals surface area contributed by atoms with Gasteiger partial charge in [-0.05, 0) is 12.1 Å². The molecule has 2 aromatic rings. The number of hydrogen-bond acceptors (Lipinski definition) is 6. The molecule has 0 aliphatic heterocycles. The average molecular weight is 317 g/mol. The second kappa shape index (κ2) is 5.85. The lowest BCUT2D eigenvalue weighted by atomic mass is 10.3. The summed E-state index contributed by atoms with van der Waals surface area (Å²) >= 11 is 5.64. The molecule has 2 rings (SSSR count). The highest BCUT2D eigenvalue weighted by molar-refractivity contribution is 6.30. The van der Waals surface area contributed by atoms with Gasteiger partial charge in [0.15, 0.2) is 17.5 Å². The number of anilines is 1. The smallest absolute Gasteiger partial charge is 0.313 e. The third-order valence-corrected chi connectivity index (χ3v) is 2.59. The van der Waals surface area contributed by atoms with Crippen LogP contribution >= 0.6 is 11.6 Å². The first-order valence-electron chi connectivity index (χ1n) is 5.37. The van der Waals surface area contributed by atoms with E-state index < -0.39 is 33.9 Å². The van der Waals surface area contributed by atoms with E-state index in [1.807, 2.05) is 5.43 Å². The van der Waals surface area contributed by atoms with Crippen molar-refractivity contribution in [1.82, 2.24) is 4.98 Å². The van der Waals surface area contributed by atoms with E-state index in [9.17, 15) is 18.9 Å². The summed E-state index contributed by atoms with van der Waals surface area (Å²) in [5.74, 6) is 1.39. The number of rotatable bonds is 4. The summed E-state index contributed by atoms with van der Waals surface area (Å²) in [4.78, 5) is 13.6. The van der Waals surface area contributed by atoms with Gasteiger partial charge in [-0.15, -0.1) is 0 Å². The third kappa shape index (κ3) is 3.15. The number of nitrogen functional groups attached to an aromatic ring is 1. The van der Waals surface area contributed by atoms with Gasteiger partial charge in [-0.25, -0.2) is 14.6 Å². The van der Waals surface area contributed by atoms with Crippen LogP contribution in [0.3, 0.4) is 0 Å². The minimum absolute atomic E-state index is 0.103. The number of nitro benzene ring substituents is 1. The number of aromatic nitrogens is 1. The number of hydrogen-bond donors (Lipinski definition) is 2. The molecule has 3 N–H and O–H groups in total. The Bertz CT molecular complexity index is 714. The minimum Gasteiger partial charge on any atom is -0.429 e. The van der Waals surface area contributed by atoms with Crippen molar-refractivity contribution in [2.24, 2.45) is 5.84 Å². The topological polar surface area (TPSA) is 103 Å². The highest BCUT2D eigenvalue weighted by Gasteiger charge is 2.20. The van der Waals surface area contributed by atoms with E-state index in [0.717, 1.165) is 6.07 Å². The molecule has 10 heteroatoms. The zero-order valence-electron chi connectivity index (χ0n) is 10.1. The van der Waals surface area contributed by atoms with Crippen molar-refractivity contribution in [1.29, 1.82) is 0 Å². The predicted molar refractivity (Wildman–Crippen MR) is 70.1 cm³/mol. The molecule has 0 atom stereocenters. The van der Waals surface area contributed by atoms with E-state index in [-0.39, 0.29) is 10.8 Å². The first kappa shape index (κ1) is 14.9. The lowest BCUT2D eigenvalue weighted by molar-refractivity contribution is -0.385. The summed E-state index contributed by atoms with van der Waals surface area (Å²) in [6.07, 6.45) is 0. The first-order chi connectivity index (χ1) is 9.92. The van der Waals surface area contributed by atoms with Gasteiger partial charge < -0.3 is 10.2 Å². The Hall–Kier alpha value is -2.52. The number of nitro groups is 1. The summed E-state index contributed by atoms with van der Waals surface area (Å²) in [5, 5.41) is 11.0. The van der Waals surface area contributed by atoms with Crippen LogP contribution in [0, 0.1) is 21.7 Å². The van der Waals surface area contributed by atoms with E-state index >= 15 is 0 Å². The predicted octanol–water partition coefficient (Wildman–Crippen LogP) is 3.00. The first-order valence-corrected chi connectivity index (χ1v) is 5.74. The number of halogens is 3. The fraction of sp³-hybridized carbons (Fsp3) is 0. The molecule has 0 aliphatic rings. The summed E-state index contributed by atoms with van der Waals surface area (Å²) in [6, 6.07) is 3.99. The zero-order chi connectivity index (χ0) is 15.6. The summed E-state index contributed by atoms with van der Waals surface area (Å²) in [5.41, 5.74) is 1.42. The van der Waals surface area contributed by atoms with E-state index in [1.54, 1.807) is 0 Å². The van der Waals surface area contributed by atoms with Crippen LogP contribution in [-0.4, -0.2) is 9.91 Å². The highest BCUT2D eigenvalue weighted by Crippen LogP contribution is 2.34. The van der Waals surface area contributed by atoms with Crippen molar-refractivity contribution >= 4 is 23.1 Å². The van der Waals surface area contributed by atoms with Crippen molar-refractivity contribution < 1.29 is 18.4 Å². The van der Waals surface area contributed by atoms with Crippen molar-refractivity contribution in [2.45, 2.75) is 0 Å². The van der Waals surface area contributed by atoms with Gasteiger partial charge in [-0.1, -0.05) is 11.6 Å². The maximum Gasteiger partial charge on any atom is 0.313 e. The molecular formula is C11H7ClF2N4O3. The summed E-state index contributed by atoms with van der Waals surface area (Å²) in [6.45, 7) is 0. The Morgan fingerprint density at radius 2 is 2.05 bits per heavy atom. The molecule has 0 saturated carbocycles.